The number of benzene rings is 1. The zero-order valence-electron chi connectivity index (χ0n) is 17.0. The predicted octanol–water partition coefficient (Wildman–Crippen LogP) is 3.21. The predicted molar refractivity (Wildman–Crippen MR) is 126 cm³/mol. The molecule has 1 N–H and O–H groups in total. The molecule has 1 fully saturated rings. The first-order valence-electron chi connectivity index (χ1n) is 9.88. The van der Waals surface area contributed by atoms with Crippen molar-refractivity contribution in [1.29, 1.82) is 0 Å². The highest BCUT2D eigenvalue weighted by molar-refractivity contribution is 14.0. The maximum absolute atomic E-state index is 5.68. The lowest BCUT2D eigenvalue weighted by Gasteiger charge is -2.22. The van der Waals surface area contributed by atoms with Crippen molar-refractivity contribution in [1.82, 2.24) is 14.8 Å². The molecule has 1 aromatic heterocycles. The van der Waals surface area contributed by atoms with Gasteiger partial charge in [0.25, 0.3) is 0 Å². The normalized spacial score (nSPS) is 17.1. The molecule has 6 nitrogen and oxygen atoms in total. The molecular weight excluding hydrogens is 467 g/mol. The zero-order chi connectivity index (χ0) is 18.9. The van der Waals surface area contributed by atoms with Crippen LogP contribution in [0.3, 0.4) is 0 Å². The number of nitrogens with one attached hydrogen (secondary N) is 1. The topological polar surface area (TPSA) is 51.0 Å². The smallest absolute Gasteiger partial charge is 0.193 e. The third-order valence-corrected chi connectivity index (χ3v) is 5.12. The number of halogens is 1. The highest BCUT2D eigenvalue weighted by Gasteiger charge is 2.24. The van der Waals surface area contributed by atoms with Crippen molar-refractivity contribution in [2.45, 2.75) is 19.4 Å². The first kappa shape index (κ1) is 23.0. The Balaban J connectivity index is 0.00000280. The van der Waals surface area contributed by atoms with Crippen LogP contribution in [0.4, 0.5) is 0 Å². The number of hydrogen-bond donors (Lipinski definition) is 1. The average molecular weight is 500 g/mol. The molecule has 1 aliphatic rings. The first-order chi connectivity index (χ1) is 13.3. The maximum Gasteiger partial charge on any atom is 0.193 e. The highest BCUT2D eigenvalue weighted by atomic mass is 127. The molecule has 1 atom stereocenters. The van der Waals surface area contributed by atoms with Gasteiger partial charge in [-0.15, -0.1) is 24.0 Å². The lowest BCUT2D eigenvalue weighted by atomic mass is 10.1. The number of methoxy groups -OCH3 is 1. The van der Waals surface area contributed by atoms with Crippen molar-refractivity contribution in [2.75, 3.05) is 53.6 Å². The number of likely N-dealkylation sites (tertiary alicyclic amines) is 1. The van der Waals surface area contributed by atoms with Crippen LogP contribution in [0, 0.1) is 5.92 Å². The second-order valence-electron chi connectivity index (χ2n) is 7.06. The van der Waals surface area contributed by atoms with Crippen LogP contribution in [-0.4, -0.2) is 69.0 Å². The Labute approximate surface area is 185 Å². The summed E-state index contributed by atoms with van der Waals surface area (Å²) in [6, 6.07) is 10.7. The fourth-order valence-corrected chi connectivity index (χ4v) is 3.67. The Morgan fingerprint density at radius 2 is 2.11 bits per heavy atom. The lowest BCUT2D eigenvalue weighted by Crippen LogP contribution is -2.40. The van der Waals surface area contributed by atoms with Gasteiger partial charge < -0.3 is 24.3 Å². The summed E-state index contributed by atoms with van der Waals surface area (Å²) < 4.78 is 13.0. The van der Waals surface area contributed by atoms with Gasteiger partial charge in [-0.25, -0.2) is 0 Å². The summed E-state index contributed by atoms with van der Waals surface area (Å²) in [5, 5.41) is 4.82. The number of nitrogens with zero attached hydrogens (tertiary/aromatic N) is 3. The van der Waals surface area contributed by atoms with Crippen LogP contribution in [-0.2, 0) is 16.0 Å². The second-order valence-corrected chi connectivity index (χ2v) is 7.06. The van der Waals surface area contributed by atoms with Gasteiger partial charge >= 0.3 is 0 Å². The van der Waals surface area contributed by atoms with Crippen LogP contribution >= 0.6 is 24.0 Å². The molecule has 0 radical (unpaired) electrons. The molecule has 2 heterocycles. The third-order valence-electron chi connectivity index (χ3n) is 5.12. The standard InChI is InChI=1S/C21H32N4O2.HI/c1-22-21(25-12-8-18(16-25)17-27-15-14-26-2)23-10-5-11-24-13-9-19-6-3-4-7-20(19)24;/h3-4,6-7,9,13,18H,5,8,10-12,14-17H2,1-2H3,(H,22,23);1H. The number of fused-ring (bicyclic) bond motifs is 1. The molecule has 1 aromatic carbocycles. The molecule has 0 amide bonds. The molecule has 3 rings (SSSR count). The fraction of sp³-hybridized carbons (Fsp3) is 0.571. The number of guanidine groups is 1. The molecule has 1 aliphatic heterocycles. The average Bonchev–Trinajstić information content (AvgIpc) is 3.33. The van der Waals surface area contributed by atoms with Gasteiger partial charge in [0.2, 0.25) is 0 Å². The number of ether oxygens (including phenoxy) is 2. The van der Waals surface area contributed by atoms with Crippen LogP contribution in [0.15, 0.2) is 41.5 Å². The molecule has 7 heteroatoms. The van der Waals surface area contributed by atoms with E-state index in [-0.39, 0.29) is 24.0 Å². The van der Waals surface area contributed by atoms with E-state index < -0.39 is 0 Å². The fourth-order valence-electron chi connectivity index (χ4n) is 3.67. The summed E-state index contributed by atoms with van der Waals surface area (Å²) in [4.78, 5) is 6.81. The Kier molecular flexibility index (Phi) is 10.1. The third kappa shape index (κ3) is 6.35. The zero-order valence-corrected chi connectivity index (χ0v) is 19.3. The van der Waals surface area contributed by atoms with Gasteiger partial charge in [-0.05, 0) is 30.4 Å². The summed E-state index contributed by atoms with van der Waals surface area (Å²) in [6.45, 7) is 6.12. The monoisotopic (exact) mass is 500 g/mol. The van der Waals surface area contributed by atoms with E-state index in [2.05, 4.69) is 56.3 Å². The number of aromatic nitrogens is 1. The minimum absolute atomic E-state index is 0. The molecule has 156 valence electrons. The van der Waals surface area contributed by atoms with E-state index in [9.17, 15) is 0 Å². The van der Waals surface area contributed by atoms with E-state index in [4.69, 9.17) is 9.47 Å². The summed E-state index contributed by atoms with van der Waals surface area (Å²) in [7, 11) is 3.57. The Hall–Kier alpha value is -1.32. The maximum atomic E-state index is 5.68. The van der Waals surface area contributed by atoms with Crippen molar-refractivity contribution in [2.24, 2.45) is 10.9 Å². The molecule has 2 aromatic rings. The van der Waals surface area contributed by atoms with E-state index in [1.165, 1.54) is 10.9 Å². The molecule has 1 unspecified atom stereocenters. The molecule has 28 heavy (non-hydrogen) atoms. The Morgan fingerprint density at radius 3 is 2.93 bits per heavy atom. The largest absolute Gasteiger partial charge is 0.382 e. The van der Waals surface area contributed by atoms with Gasteiger partial charge in [-0.2, -0.15) is 0 Å². The van der Waals surface area contributed by atoms with Gasteiger partial charge in [0.05, 0.1) is 19.8 Å². The van der Waals surface area contributed by atoms with E-state index >= 15 is 0 Å². The SMILES string of the molecule is CN=C(NCCCn1ccc2ccccc21)N1CCC(COCCOC)C1.I. The van der Waals surface area contributed by atoms with Crippen molar-refractivity contribution in [3.05, 3.63) is 36.5 Å². The number of hydrogen-bond acceptors (Lipinski definition) is 3. The van der Waals surface area contributed by atoms with Crippen LogP contribution < -0.4 is 5.32 Å². The molecule has 0 spiro atoms. The van der Waals surface area contributed by atoms with Gasteiger partial charge in [0.15, 0.2) is 5.96 Å². The van der Waals surface area contributed by atoms with Crippen molar-refractivity contribution in [3.8, 4) is 0 Å². The van der Waals surface area contributed by atoms with Crippen molar-refractivity contribution in [3.63, 3.8) is 0 Å². The van der Waals surface area contributed by atoms with Crippen LogP contribution in [0.25, 0.3) is 10.9 Å². The Morgan fingerprint density at radius 1 is 1.25 bits per heavy atom. The summed E-state index contributed by atoms with van der Waals surface area (Å²) >= 11 is 0. The van der Waals surface area contributed by atoms with E-state index in [0.717, 1.165) is 51.6 Å². The number of aryl methyl sites for hydroxylation is 1. The van der Waals surface area contributed by atoms with Crippen LogP contribution in [0.1, 0.15) is 12.8 Å². The van der Waals surface area contributed by atoms with Crippen LogP contribution in [0.2, 0.25) is 0 Å². The first-order valence-corrected chi connectivity index (χ1v) is 9.88. The number of aliphatic imine (C=N–C) groups is 1. The number of rotatable bonds is 9. The van der Waals surface area contributed by atoms with E-state index in [0.29, 0.717) is 19.1 Å². The minimum atomic E-state index is 0. The highest BCUT2D eigenvalue weighted by Crippen LogP contribution is 2.17. The Bertz CT molecular complexity index is 734. The van der Waals surface area contributed by atoms with Crippen LogP contribution in [0.5, 0.6) is 0 Å². The van der Waals surface area contributed by atoms with Gasteiger partial charge in [-0.1, -0.05) is 18.2 Å². The summed E-state index contributed by atoms with van der Waals surface area (Å²) in [5.74, 6) is 1.58. The second kappa shape index (κ2) is 12.3. The van der Waals surface area contributed by atoms with Gasteiger partial charge in [0, 0.05) is 58.0 Å². The minimum Gasteiger partial charge on any atom is -0.382 e. The van der Waals surface area contributed by atoms with E-state index in [1.807, 2.05) is 7.05 Å². The molecule has 0 bridgehead atoms. The quantitative estimate of drug-likeness (QED) is 0.249. The van der Waals surface area contributed by atoms with Gasteiger partial charge in [-0.3, -0.25) is 4.99 Å². The summed E-state index contributed by atoms with van der Waals surface area (Å²) in [5.41, 5.74) is 1.30. The van der Waals surface area contributed by atoms with Crippen molar-refractivity contribution < 1.29 is 9.47 Å². The van der Waals surface area contributed by atoms with E-state index in [1.54, 1.807) is 7.11 Å². The number of para-hydroxylation sites is 1. The van der Waals surface area contributed by atoms with Crippen molar-refractivity contribution >= 4 is 40.8 Å². The lowest BCUT2D eigenvalue weighted by molar-refractivity contribution is 0.0536. The molecular formula is C21H33IN4O2. The molecule has 0 aliphatic carbocycles. The molecule has 1 saturated heterocycles. The molecule has 0 saturated carbocycles. The summed E-state index contributed by atoms with van der Waals surface area (Å²) in [6.07, 6.45) is 4.40. The van der Waals surface area contributed by atoms with Gasteiger partial charge in [0.1, 0.15) is 0 Å².